The first kappa shape index (κ1) is 13.5. The number of para-hydroxylation sites is 1. The fourth-order valence-electron chi connectivity index (χ4n) is 3.56. The standard InChI is InChI=1S/C17H23N3/c18-13-14-5-4-8-17(14)19-15-9-11-20(12-10-15)16-6-2-1-3-7-16/h1-3,6-7,14-15,17,19H,4-5,8-12H2. The molecular formula is C17H23N3. The van der Waals surface area contributed by atoms with E-state index in [0.717, 1.165) is 19.5 Å². The quantitative estimate of drug-likeness (QED) is 0.917. The molecule has 3 nitrogen and oxygen atoms in total. The Morgan fingerprint density at radius 1 is 1.05 bits per heavy atom. The smallest absolute Gasteiger partial charge is 0.0672 e. The van der Waals surface area contributed by atoms with Crippen LogP contribution in [0.1, 0.15) is 32.1 Å². The van der Waals surface area contributed by atoms with Crippen LogP contribution in [0, 0.1) is 17.2 Å². The summed E-state index contributed by atoms with van der Waals surface area (Å²) in [5.74, 6) is 0.238. The zero-order valence-electron chi connectivity index (χ0n) is 12.0. The Bertz CT molecular complexity index is 457. The van der Waals surface area contributed by atoms with Gasteiger partial charge in [-0.25, -0.2) is 0 Å². The van der Waals surface area contributed by atoms with E-state index in [2.05, 4.69) is 46.6 Å². The molecule has 1 heterocycles. The molecule has 2 fully saturated rings. The molecule has 0 bridgehead atoms. The van der Waals surface area contributed by atoms with Crippen molar-refractivity contribution >= 4 is 5.69 Å². The summed E-state index contributed by atoms with van der Waals surface area (Å²) in [6, 6.07) is 14.2. The average molecular weight is 269 g/mol. The molecule has 1 aromatic rings. The molecule has 0 radical (unpaired) electrons. The predicted molar refractivity (Wildman–Crippen MR) is 81.6 cm³/mol. The van der Waals surface area contributed by atoms with Crippen LogP contribution in [0.4, 0.5) is 5.69 Å². The third-order valence-electron chi connectivity index (χ3n) is 4.75. The summed E-state index contributed by atoms with van der Waals surface area (Å²) < 4.78 is 0. The van der Waals surface area contributed by atoms with Gasteiger partial charge in [0.2, 0.25) is 0 Å². The highest BCUT2D eigenvalue weighted by Crippen LogP contribution is 2.27. The number of nitriles is 1. The highest BCUT2D eigenvalue weighted by molar-refractivity contribution is 5.46. The fraction of sp³-hybridized carbons (Fsp3) is 0.588. The molecule has 1 saturated heterocycles. The molecule has 1 N–H and O–H groups in total. The minimum atomic E-state index is 0.238. The van der Waals surface area contributed by atoms with Gasteiger partial charge >= 0.3 is 0 Å². The van der Waals surface area contributed by atoms with Crippen molar-refractivity contribution in [3.05, 3.63) is 30.3 Å². The van der Waals surface area contributed by atoms with Crippen LogP contribution >= 0.6 is 0 Å². The van der Waals surface area contributed by atoms with Crippen LogP contribution in [-0.4, -0.2) is 25.2 Å². The summed E-state index contributed by atoms with van der Waals surface area (Å²) in [7, 11) is 0. The van der Waals surface area contributed by atoms with Gasteiger partial charge in [-0.05, 0) is 37.8 Å². The van der Waals surface area contributed by atoms with Crippen molar-refractivity contribution in [2.75, 3.05) is 18.0 Å². The van der Waals surface area contributed by atoms with Gasteiger partial charge in [-0.1, -0.05) is 24.6 Å². The van der Waals surface area contributed by atoms with E-state index in [1.807, 2.05) is 0 Å². The second-order valence-electron chi connectivity index (χ2n) is 6.04. The Kier molecular flexibility index (Phi) is 4.22. The van der Waals surface area contributed by atoms with Gasteiger partial charge < -0.3 is 10.2 Å². The lowest BCUT2D eigenvalue weighted by Crippen LogP contribution is -2.47. The molecule has 1 aliphatic carbocycles. The first-order valence-electron chi connectivity index (χ1n) is 7.82. The van der Waals surface area contributed by atoms with E-state index >= 15 is 0 Å². The van der Waals surface area contributed by atoms with Crippen molar-refractivity contribution in [3.63, 3.8) is 0 Å². The molecule has 1 aliphatic heterocycles. The van der Waals surface area contributed by atoms with Gasteiger partial charge in [0.25, 0.3) is 0 Å². The van der Waals surface area contributed by atoms with Crippen LogP contribution in [0.3, 0.4) is 0 Å². The van der Waals surface area contributed by atoms with Crippen LogP contribution in [-0.2, 0) is 0 Å². The van der Waals surface area contributed by atoms with Gasteiger partial charge in [-0.2, -0.15) is 5.26 Å². The molecule has 1 saturated carbocycles. The molecule has 0 spiro atoms. The molecule has 3 heteroatoms. The van der Waals surface area contributed by atoms with Gasteiger partial charge in [-0.15, -0.1) is 0 Å². The highest BCUT2D eigenvalue weighted by Gasteiger charge is 2.30. The molecule has 3 rings (SSSR count). The van der Waals surface area contributed by atoms with Gasteiger partial charge in [0.05, 0.1) is 12.0 Å². The zero-order chi connectivity index (χ0) is 13.8. The number of hydrogen-bond donors (Lipinski definition) is 1. The molecule has 1 aromatic carbocycles. The maximum Gasteiger partial charge on any atom is 0.0672 e. The summed E-state index contributed by atoms with van der Waals surface area (Å²) in [5.41, 5.74) is 1.33. The van der Waals surface area contributed by atoms with Crippen molar-refractivity contribution in [2.45, 2.75) is 44.2 Å². The summed E-state index contributed by atoms with van der Waals surface area (Å²) in [5, 5.41) is 12.9. The van der Waals surface area contributed by atoms with Crippen LogP contribution in [0.2, 0.25) is 0 Å². The van der Waals surface area contributed by atoms with E-state index in [4.69, 9.17) is 5.26 Å². The van der Waals surface area contributed by atoms with Gasteiger partial charge in [0, 0.05) is 30.9 Å². The molecule has 2 atom stereocenters. The lowest BCUT2D eigenvalue weighted by molar-refractivity contribution is 0.346. The van der Waals surface area contributed by atoms with Crippen molar-refractivity contribution < 1.29 is 0 Å². The van der Waals surface area contributed by atoms with Gasteiger partial charge in [0.1, 0.15) is 0 Å². The molecule has 20 heavy (non-hydrogen) atoms. The van der Waals surface area contributed by atoms with E-state index in [9.17, 15) is 0 Å². The number of nitrogens with one attached hydrogen (secondary N) is 1. The van der Waals surface area contributed by atoms with Crippen LogP contribution in [0.15, 0.2) is 30.3 Å². The second-order valence-corrected chi connectivity index (χ2v) is 6.04. The maximum atomic E-state index is 9.16. The zero-order valence-corrected chi connectivity index (χ0v) is 12.0. The normalized spacial score (nSPS) is 27.4. The molecular weight excluding hydrogens is 246 g/mol. The van der Waals surface area contributed by atoms with Gasteiger partial charge in [-0.3, -0.25) is 0 Å². The SMILES string of the molecule is N#CC1CCCC1NC1CCN(c2ccccc2)CC1. The first-order valence-corrected chi connectivity index (χ1v) is 7.82. The first-order chi connectivity index (χ1) is 9.86. The van der Waals surface area contributed by atoms with Crippen LogP contribution < -0.4 is 10.2 Å². The summed E-state index contributed by atoms with van der Waals surface area (Å²) in [6.07, 6.45) is 5.83. The largest absolute Gasteiger partial charge is 0.371 e. The number of piperidine rings is 1. The number of anilines is 1. The van der Waals surface area contributed by atoms with E-state index in [1.54, 1.807) is 0 Å². The number of rotatable bonds is 3. The Balaban J connectivity index is 1.50. The second kappa shape index (κ2) is 6.28. The monoisotopic (exact) mass is 269 g/mol. The van der Waals surface area contributed by atoms with Crippen molar-refractivity contribution in [1.29, 1.82) is 5.26 Å². The van der Waals surface area contributed by atoms with E-state index in [-0.39, 0.29) is 5.92 Å². The number of hydrogen-bond acceptors (Lipinski definition) is 3. The number of nitrogens with zero attached hydrogens (tertiary/aromatic N) is 2. The Hall–Kier alpha value is -1.53. The van der Waals surface area contributed by atoms with E-state index in [0.29, 0.717) is 12.1 Å². The topological polar surface area (TPSA) is 39.1 Å². The molecule has 106 valence electrons. The predicted octanol–water partition coefficient (Wildman–Crippen LogP) is 2.94. The molecule has 2 aliphatic rings. The fourth-order valence-corrected chi connectivity index (χ4v) is 3.56. The summed E-state index contributed by atoms with van der Waals surface area (Å²) in [6.45, 7) is 2.23. The van der Waals surface area contributed by atoms with Crippen molar-refractivity contribution in [3.8, 4) is 6.07 Å². The molecule has 0 amide bonds. The van der Waals surface area contributed by atoms with Crippen molar-refractivity contribution in [2.24, 2.45) is 5.92 Å². The summed E-state index contributed by atoms with van der Waals surface area (Å²) >= 11 is 0. The average Bonchev–Trinajstić information content (AvgIpc) is 2.96. The minimum Gasteiger partial charge on any atom is -0.371 e. The van der Waals surface area contributed by atoms with Crippen LogP contribution in [0.5, 0.6) is 0 Å². The minimum absolute atomic E-state index is 0.238. The Morgan fingerprint density at radius 3 is 2.50 bits per heavy atom. The summed E-state index contributed by atoms with van der Waals surface area (Å²) in [4.78, 5) is 2.47. The van der Waals surface area contributed by atoms with Gasteiger partial charge in [0.15, 0.2) is 0 Å². The number of benzene rings is 1. The Morgan fingerprint density at radius 2 is 1.80 bits per heavy atom. The van der Waals surface area contributed by atoms with Crippen LogP contribution in [0.25, 0.3) is 0 Å². The lowest BCUT2D eigenvalue weighted by Gasteiger charge is -2.35. The third kappa shape index (κ3) is 2.96. The highest BCUT2D eigenvalue weighted by atomic mass is 15.1. The maximum absolute atomic E-state index is 9.16. The Labute approximate surface area is 121 Å². The van der Waals surface area contributed by atoms with E-state index < -0.39 is 0 Å². The molecule has 2 unspecified atom stereocenters. The molecule has 0 aromatic heterocycles. The van der Waals surface area contributed by atoms with E-state index in [1.165, 1.54) is 31.4 Å². The lowest BCUT2D eigenvalue weighted by atomic mass is 9.99. The van der Waals surface area contributed by atoms with Crippen molar-refractivity contribution in [1.82, 2.24) is 5.32 Å². The third-order valence-corrected chi connectivity index (χ3v) is 4.75.